The van der Waals surface area contributed by atoms with Crippen molar-refractivity contribution in [3.63, 3.8) is 0 Å². The molecule has 1 heterocycles. The van der Waals surface area contributed by atoms with Crippen LogP contribution in [0.3, 0.4) is 0 Å². The first kappa shape index (κ1) is 18.7. The van der Waals surface area contributed by atoms with Crippen molar-refractivity contribution in [2.45, 2.75) is 46.9 Å². The van der Waals surface area contributed by atoms with Crippen LogP contribution in [0.2, 0.25) is 0 Å². The van der Waals surface area contributed by atoms with E-state index in [0.717, 1.165) is 11.4 Å². The molecule has 0 radical (unpaired) electrons. The van der Waals surface area contributed by atoms with Crippen molar-refractivity contribution in [2.24, 2.45) is 0 Å². The van der Waals surface area contributed by atoms with E-state index in [9.17, 15) is 13.6 Å². The van der Waals surface area contributed by atoms with E-state index >= 15 is 0 Å². The molecule has 2 rings (SSSR count). The largest absolute Gasteiger partial charge is 0.435 e. The van der Waals surface area contributed by atoms with Gasteiger partial charge in [-0.1, -0.05) is 0 Å². The molecule has 0 fully saturated rings. The number of rotatable bonds is 6. The molecule has 0 bridgehead atoms. The van der Waals surface area contributed by atoms with Gasteiger partial charge in [-0.2, -0.15) is 13.9 Å². The number of urea groups is 1. The summed E-state index contributed by atoms with van der Waals surface area (Å²) < 4.78 is 30.6. The van der Waals surface area contributed by atoms with Crippen molar-refractivity contribution in [3.05, 3.63) is 41.2 Å². The number of benzene rings is 1. The van der Waals surface area contributed by atoms with Gasteiger partial charge in [-0.15, -0.1) is 0 Å². The first-order chi connectivity index (χ1) is 11.7. The fourth-order valence-electron chi connectivity index (χ4n) is 2.50. The number of carbonyl (C=O) groups is 1. The van der Waals surface area contributed by atoms with Crippen LogP contribution in [0, 0.1) is 20.8 Å². The average molecular weight is 352 g/mol. The molecule has 2 amide bonds. The molecule has 0 aliphatic heterocycles. The number of nitrogens with one attached hydrogen (secondary N) is 2. The summed E-state index contributed by atoms with van der Waals surface area (Å²) in [5.74, 6) is 0.0522. The number of alkyl halides is 2. The van der Waals surface area contributed by atoms with Gasteiger partial charge in [0.15, 0.2) is 0 Å². The van der Waals surface area contributed by atoms with Gasteiger partial charge in [-0.3, -0.25) is 4.68 Å². The number of aromatic nitrogens is 2. The van der Waals surface area contributed by atoms with E-state index in [0.29, 0.717) is 17.8 Å². The van der Waals surface area contributed by atoms with Gasteiger partial charge in [0.1, 0.15) is 5.75 Å². The molecule has 25 heavy (non-hydrogen) atoms. The van der Waals surface area contributed by atoms with Crippen LogP contribution in [0.15, 0.2) is 24.3 Å². The van der Waals surface area contributed by atoms with Crippen molar-refractivity contribution in [3.8, 4) is 5.75 Å². The van der Waals surface area contributed by atoms with Crippen LogP contribution >= 0.6 is 0 Å². The molecule has 0 aliphatic rings. The molecule has 0 unspecified atom stereocenters. The second kappa shape index (κ2) is 7.96. The third-order valence-corrected chi connectivity index (χ3v) is 3.60. The number of hydrogen-bond donors (Lipinski definition) is 2. The Morgan fingerprint density at radius 1 is 1.28 bits per heavy atom. The van der Waals surface area contributed by atoms with Gasteiger partial charge in [0.05, 0.1) is 12.2 Å². The van der Waals surface area contributed by atoms with E-state index < -0.39 is 6.61 Å². The molecule has 2 aromatic rings. The molecule has 1 aromatic heterocycles. The number of hydrogen-bond acceptors (Lipinski definition) is 3. The zero-order valence-electron chi connectivity index (χ0n) is 14.6. The van der Waals surface area contributed by atoms with Crippen LogP contribution in [0.4, 0.5) is 19.3 Å². The molecule has 0 saturated heterocycles. The third-order valence-electron chi connectivity index (χ3n) is 3.60. The molecule has 0 saturated carbocycles. The summed E-state index contributed by atoms with van der Waals surface area (Å²) in [4.78, 5) is 12.1. The van der Waals surface area contributed by atoms with Crippen molar-refractivity contribution < 1.29 is 18.3 Å². The van der Waals surface area contributed by atoms with Gasteiger partial charge >= 0.3 is 12.6 Å². The standard InChI is InChI=1S/C17H22F2N4O2/c1-10-7-14(25-16(18)19)5-6-15(10)21-17(24)20-12(3)9-23-13(4)8-11(2)22-23/h5-8,12,16H,9H2,1-4H3,(H2,20,21,24)/t12-/m1/s1. The number of ether oxygens (including phenoxy) is 1. The summed E-state index contributed by atoms with van der Waals surface area (Å²) in [6, 6.07) is 5.81. The lowest BCUT2D eigenvalue weighted by atomic mass is 10.2. The quantitative estimate of drug-likeness (QED) is 0.834. The Kier molecular flexibility index (Phi) is 5.95. The van der Waals surface area contributed by atoms with Crippen LogP contribution in [-0.4, -0.2) is 28.5 Å². The van der Waals surface area contributed by atoms with Crippen LogP contribution in [0.5, 0.6) is 5.75 Å². The van der Waals surface area contributed by atoms with E-state index in [1.807, 2.05) is 31.5 Å². The molecule has 6 nitrogen and oxygen atoms in total. The third kappa shape index (κ3) is 5.44. The van der Waals surface area contributed by atoms with Crippen molar-refractivity contribution in [2.75, 3.05) is 5.32 Å². The monoisotopic (exact) mass is 352 g/mol. The SMILES string of the molecule is Cc1cc(C)n(C[C@@H](C)NC(=O)Nc2ccc(OC(F)F)cc2C)n1. The first-order valence-electron chi connectivity index (χ1n) is 7.88. The lowest BCUT2D eigenvalue weighted by Crippen LogP contribution is -2.39. The summed E-state index contributed by atoms with van der Waals surface area (Å²) in [6.45, 7) is 5.12. The number of aryl methyl sites for hydroxylation is 3. The maximum Gasteiger partial charge on any atom is 0.387 e. The fourth-order valence-corrected chi connectivity index (χ4v) is 2.50. The first-order valence-corrected chi connectivity index (χ1v) is 7.88. The maximum atomic E-state index is 12.2. The number of halogens is 2. The molecule has 8 heteroatoms. The number of nitrogens with zero attached hydrogens (tertiary/aromatic N) is 2. The van der Waals surface area contributed by atoms with Crippen molar-refractivity contribution >= 4 is 11.7 Å². The Hall–Kier alpha value is -2.64. The van der Waals surface area contributed by atoms with Crippen LogP contribution in [0.25, 0.3) is 0 Å². The smallest absolute Gasteiger partial charge is 0.387 e. The molecule has 2 N–H and O–H groups in total. The molecule has 136 valence electrons. The van der Waals surface area contributed by atoms with E-state index in [1.54, 1.807) is 6.92 Å². The predicted molar refractivity (Wildman–Crippen MR) is 91.1 cm³/mol. The average Bonchev–Trinajstić information content (AvgIpc) is 2.79. The summed E-state index contributed by atoms with van der Waals surface area (Å²) in [5, 5.41) is 9.89. The predicted octanol–water partition coefficient (Wildman–Crippen LogP) is 3.62. The Labute approximate surface area is 145 Å². The molecule has 1 atom stereocenters. The van der Waals surface area contributed by atoms with E-state index in [1.165, 1.54) is 18.2 Å². The lowest BCUT2D eigenvalue weighted by molar-refractivity contribution is -0.0498. The van der Waals surface area contributed by atoms with Crippen LogP contribution < -0.4 is 15.4 Å². The highest BCUT2D eigenvalue weighted by molar-refractivity contribution is 5.90. The number of amides is 2. The zero-order valence-corrected chi connectivity index (χ0v) is 14.6. The molecular weight excluding hydrogens is 330 g/mol. The Bertz CT molecular complexity index is 746. The van der Waals surface area contributed by atoms with E-state index in [-0.39, 0.29) is 17.8 Å². The Morgan fingerprint density at radius 2 is 2.00 bits per heavy atom. The topological polar surface area (TPSA) is 68.2 Å². The molecule has 0 spiro atoms. The Morgan fingerprint density at radius 3 is 2.56 bits per heavy atom. The molecule has 1 aromatic carbocycles. The van der Waals surface area contributed by atoms with E-state index in [2.05, 4.69) is 20.5 Å². The minimum Gasteiger partial charge on any atom is -0.435 e. The lowest BCUT2D eigenvalue weighted by Gasteiger charge is -2.17. The van der Waals surface area contributed by atoms with E-state index in [4.69, 9.17) is 0 Å². The fraction of sp³-hybridized carbons (Fsp3) is 0.412. The number of carbonyl (C=O) groups excluding carboxylic acids is 1. The van der Waals surface area contributed by atoms with Gasteiger partial charge in [0.25, 0.3) is 0 Å². The zero-order chi connectivity index (χ0) is 18.6. The molecule has 0 aliphatic carbocycles. The second-order valence-electron chi connectivity index (χ2n) is 5.96. The van der Waals surface area contributed by atoms with Crippen molar-refractivity contribution in [1.29, 1.82) is 0 Å². The van der Waals surface area contributed by atoms with Gasteiger partial charge in [0.2, 0.25) is 0 Å². The highest BCUT2D eigenvalue weighted by Gasteiger charge is 2.12. The minimum atomic E-state index is -2.88. The minimum absolute atomic E-state index is 0.0522. The summed E-state index contributed by atoms with van der Waals surface area (Å²) in [5.41, 5.74) is 3.10. The van der Waals surface area contributed by atoms with Crippen LogP contribution in [0.1, 0.15) is 23.9 Å². The number of anilines is 1. The summed E-state index contributed by atoms with van der Waals surface area (Å²) in [6.07, 6.45) is 0. The van der Waals surface area contributed by atoms with Crippen LogP contribution in [-0.2, 0) is 6.54 Å². The maximum absolute atomic E-state index is 12.2. The van der Waals surface area contributed by atoms with Gasteiger partial charge in [-0.05, 0) is 57.5 Å². The molecular formula is C17H22F2N4O2. The van der Waals surface area contributed by atoms with Crippen molar-refractivity contribution in [1.82, 2.24) is 15.1 Å². The van der Waals surface area contributed by atoms with Gasteiger partial charge in [-0.25, -0.2) is 4.79 Å². The Balaban J connectivity index is 1.92. The summed E-state index contributed by atoms with van der Waals surface area (Å²) in [7, 11) is 0. The highest BCUT2D eigenvalue weighted by atomic mass is 19.3. The van der Waals surface area contributed by atoms with Gasteiger partial charge < -0.3 is 15.4 Å². The van der Waals surface area contributed by atoms with Gasteiger partial charge in [0, 0.05) is 17.4 Å². The highest BCUT2D eigenvalue weighted by Crippen LogP contribution is 2.22. The second-order valence-corrected chi connectivity index (χ2v) is 5.96. The summed E-state index contributed by atoms with van der Waals surface area (Å²) >= 11 is 0. The normalized spacial score (nSPS) is 12.1.